The van der Waals surface area contributed by atoms with Crippen LogP contribution < -0.4 is 11.1 Å². The van der Waals surface area contributed by atoms with Crippen LogP contribution in [0.3, 0.4) is 0 Å². The lowest BCUT2D eigenvalue weighted by Crippen LogP contribution is -2.41. The molecule has 0 aliphatic rings. The van der Waals surface area contributed by atoms with Gasteiger partial charge in [0.1, 0.15) is 5.76 Å². The van der Waals surface area contributed by atoms with Gasteiger partial charge in [-0.2, -0.15) is 0 Å². The quantitative estimate of drug-likeness (QED) is 0.818. The second-order valence-electron chi connectivity index (χ2n) is 5.81. The second-order valence-corrected chi connectivity index (χ2v) is 5.81. The fraction of sp³-hybridized carbons (Fsp3) is 0.500. The Labute approximate surface area is 130 Å². The van der Waals surface area contributed by atoms with Crippen LogP contribution in [0.25, 0.3) is 11.7 Å². The second kappa shape index (κ2) is 7.26. The highest BCUT2D eigenvalue weighted by Gasteiger charge is 2.18. The van der Waals surface area contributed by atoms with Crippen LogP contribution in [0.15, 0.2) is 27.2 Å². The van der Waals surface area contributed by atoms with E-state index in [2.05, 4.69) is 24.1 Å². The Kier molecular flexibility index (Phi) is 5.38. The highest BCUT2D eigenvalue weighted by molar-refractivity contribution is 5.78. The molecule has 120 valence electrons. The van der Waals surface area contributed by atoms with Crippen LogP contribution in [-0.2, 0) is 11.2 Å². The Balaban J connectivity index is 1.99. The minimum absolute atomic E-state index is 0.00995. The summed E-state index contributed by atoms with van der Waals surface area (Å²) in [7, 11) is 0. The maximum absolute atomic E-state index is 12.1. The first-order valence-electron chi connectivity index (χ1n) is 7.49. The number of furan rings is 1. The minimum Gasteiger partial charge on any atom is -0.459 e. The van der Waals surface area contributed by atoms with E-state index >= 15 is 0 Å². The van der Waals surface area contributed by atoms with Gasteiger partial charge in [-0.3, -0.25) is 4.79 Å². The third-order valence-electron chi connectivity index (χ3n) is 3.36. The van der Waals surface area contributed by atoms with Gasteiger partial charge in [-0.1, -0.05) is 13.8 Å². The summed E-state index contributed by atoms with van der Waals surface area (Å²) in [6, 6.07) is 3.52. The Hall–Kier alpha value is -2.08. The van der Waals surface area contributed by atoms with Crippen molar-refractivity contribution in [3.8, 4) is 11.7 Å². The number of nitrogens with zero attached hydrogens (tertiary/aromatic N) is 1. The van der Waals surface area contributed by atoms with Gasteiger partial charge < -0.3 is 19.9 Å². The van der Waals surface area contributed by atoms with Gasteiger partial charge in [0, 0.05) is 12.6 Å². The number of hydrogen-bond donors (Lipinski definition) is 2. The van der Waals surface area contributed by atoms with E-state index in [-0.39, 0.29) is 18.4 Å². The number of carbonyl (C=O) groups is 1. The molecule has 22 heavy (non-hydrogen) atoms. The van der Waals surface area contributed by atoms with Crippen molar-refractivity contribution >= 4 is 5.91 Å². The average molecular weight is 305 g/mol. The van der Waals surface area contributed by atoms with E-state index in [0.29, 0.717) is 35.6 Å². The zero-order valence-electron chi connectivity index (χ0n) is 13.3. The summed E-state index contributed by atoms with van der Waals surface area (Å²) < 4.78 is 10.8. The standard InChI is InChI=1S/C16H23N3O3/c1-10(2)7-12(9-17)18-15(20)8-13-11(3)22-16(19-13)14-5-4-6-21-14/h4-6,10,12H,7-9,17H2,1-3H3,(H,18,20). The molecule has 2 aromatic rings. The zero-order chi connectivity index (χ0) is 16.1. The van der Waals surface area contributed by atoms with Gasteiger partial charge in [-0.15, -0.1) is 0 Å². The number of aromatic nitrogens is 1. The van der Waals surface area contributed by atoms with Crippen LogP contribution in [0.5, 0.6) is 0 Å². The summed E-state index contributed by atoms with van der Waals surface area (Å²) in [6.07, 6.45) is 2.58. The fourth-order valence-electron chi connectivity index (χ4n) is 2.31. The highest BCUT2D eigenvalue weighted by atomic mass is 16.4. The summed E-state index contributed by atoms with van der Waals surface area (Å²) in [4.78, 5) is 16.5. The Bertz CT molecular complexity index is 602. The number of rotatable bonds is 7. The molecule has 6 nitrogen and oxygen atoms in total. The predicted molar refractivity (Wildman–Crippen MR) is 83.1 cm³/mol. The molecule has 0 bridgehead atoms. The first-order chi connectivity index (χ1) is 10.5. The molecular weight excluding hydrogens is 282 g/mol. The Morgan fingerprint density at radius 1 is 1.45 bits per heavy atom. The lowest BCUT2D eigenvalue weighted by molar-refractivity contribution is -0.121. The van der Waals surface area contributed by atoms with Crippen LogP contribution in [0, 0.1) is 12.8 Å². The lowest BCUT2D eigenvalue weighted by Gasteiger charge is -2.18. The third-order valence-corrected chi connectivity index (χ3v) is 3.36. The SMILES string of the molecule is Cc1oc(-c2ccco2)nc1CC(=O)NC(CN)CC(C)C. The molecule has 0 saturated carbocycles. The zero-order valence-corrected chi connectivity index (χ0v) is 13.3. The molecule has 1 amide bonds. The molecule has 3 N–H and O–H groups in total. The molecule has 0 aliphatic carbocycles. The van der Waals surface area contributed by atoms with Gasteiger partial charge in [0.2, 0.25) is 5.91 Å². The molecule has 0 saturated heterocycles. The number of carbonyl (C=O) groups excluding carboxylic acids is 1. The van der Waals surface area contributed by atoms with E-state index in [0.717, 1.165) is 6.42 Å². The van der Waals surface area contributed by atoms with Crippen LogP contribution in [0.4, 0.5) is 0 Å². The highest BCUT2D eigenvalue weighted by Crippen LogP contribution is 2.22. The predicted octanol–water partition coefficient (Wildman–Crippen LogP) is 2.28. The van der Waals surface area contributed by atoms with Crippen molar-refractivity contribution < 1.29 is 13.6 Å². The van der Waals surface area contributed by atoms with E-state index in [1.807, 2.05) is 0 Å². The van der Waals surface area contributed by atoms with Crippen LogP contribution >= 0.6 is 0 Å². The number of oxazole rings is 1. The normalized spacial score (nSPS) is 12.6. The van der Waals surface area contributed by atoms with Crippen molar-refractivity contribution in [2.45, 2.75) is 39.7 Å². The molecule has 6 heteroatoms. The molecule has 0 fully saturated rings. The first-order valence-corrected chi connectivity index (χ1v) is 7.49. The maximum Gasteiger partial charge on any atom is 0.263 e. The number of nitrogens with one attached hydrogen (secondary N) is 1. The van der Waals surface area contributed by atoms with Gasteiger partial charge in [0.25, 0.3) is 5.89 Å². The largest absolute Gasteiger partial charge is 0.459 e. The molecule has 2 heterocycles. The number of hydrogen-bond acceptors (Lipinski definition) is 5. The van der Waals surface area contributed by atoms with Gasteiger partial charge in [-0.05, 0) is 31.4 Å². The molecule has 1 unspecified atom stereocenters. The van der Waals surface area contributed by atoms with Gasteiger partial charge in [-0.25, -0.2) is 4.98 Å². The van der Waals surface area contributed by atoms with Gasteiger partial charge >= 0.3 is 0 Å². The summed E-state index contributed by atoms with van der Waals surface area (Å²) in [5.41, 5.74) is 6.31. The van der Waals surface area contributed by atoms with Crippen molar-refractivity contribution in [2.75, 3.05) is 6.54 Å². The van der Waals surface area contributed by atoms with Crippen molar-refractivity contribution in [1.29, 1.82) is 0 Å². The molecule has 1 atom stereocenters. The third kappa shape index (κ3) is 4.21. The Morgan fingerprint density at radius 2 is 2.23 bits per heavy atom. The molecule has 0 aliphatic heterocycles. The molecule has 0 spiro atoms. The maximum atomic E-state index is 12.1. The molecule has 2 rings (SSSR count). The molecule has 2 aromatic heterocycles. The number of aryl methyl sites for hydroxylation is 1. The molecule has 0 radical (unpaired) electrons. The smallest absolute Gasteiger partial charge is 0.263 e. The molecular formula is C16H23N3O3. The van der Waals surface area contributed by atoms with E-state index in [4.69, 9.17) is 14.6 Å². The van der Waals surface area contributed by atoms with Crippen molar-refractivity contribution in [3.05, 3.63) is 29.9 Å². The Morgan fingerprint density at radius 3 is 2.82 bits per heavy atom. The summed E-state index contributed by atoms with van der Waals surface area (Å²) in [6.45, 7) is 6.43. The van der Waals surface area contributed by atoms with Crippen LogP contribution in [0.2, 0.25) is 0 Å². The molecule has 0 aromatic carbocycles. The summed E-state index contributed by atoms with van der Waals surface area (Å²) in [5, 5.41) is 2.95. The number of amides is 1. The van der Waals surface area contributed by atoms with E-state index in [1.54, 1.807) is 25.3 Å². The van der Waals surface area contributed by atoms with E-state index in [1.165, 1.54) is 0 Å². The topological polar surface area (TPSA) is 94.3 Å². The summed E-state index contributed by atoms with van der Waals surface area (Å²) in [5.74, 6) is 1.94. The monoisotopic (exact) mass is 305 g/mol. The van der Waals surface area contributed by atoms with Crippen LogP contribution in [-0.4, -0.2) is 23.5 Å². The van der Waals surface area contributed by atoms with Crippen LogP contribution in [0.1, 0.15) is 31.7 Å². The number of nitrogens with two attached hydrogens (primary N) is 1. The van der Waals surface area contributed by atoms with E-state index < -0.39 is 0 Å². The van der Waals surface area contributed by atoms with E-state index in [9.17, 15) is 4.79 Å². The van der Waals surface area contributed by atoms with Crippen molar-refractivity contribution in [3.63, 3.8) is 0 Å². The minimum atomic E-state index is -0.0986. The van der Waals surface area contributed by atoms with Crippen molar-refractivity contribution in [1.82, 2.24) is 10.3 Å². The average Bonchev–Trinajstić information content (AvgIpc) is 3.08. The summed E-state index contributed by atoms with van der Waals surface area (Å²) >= 11 is 0. The van der Waals surface area contributed by atoms with Gasteiger partial charge in [0.05, 0.1) is 18.4 Å². The fourth-order valence-corrected chi connectivity index (χ4v) is 2.31. The van der Waals surface area contributed by atoms with Crippen molar-refractivity contribution in [2.24, 2.45) is 11.7 Å². The van der Waals surface area contributed by atoms with Gasteiger partial charge in [0.15, 0.2) is 5.76 Å². The lowest BCUT2D eigenvalue weighted by atomic mass is 10.0. The first kappa shape index (κ1) is 16.3.